The van der Waals surface area contributed by atoms with E-state index in [9.17, 15) is 25.5 Å². The molecule has 274 valence electrons. The van der Waals surface area contributed by atoms with Crippen molar-refractivity contribution in [1.29, 1.82) is 0 Å². The number of fused-ring (bicyclic) bond motifs is 9. The van der Waals surface area contributed by atoms with Crippen molar-refractivity contribution in [2.75, 3.05) is 6.67 Å². The number of aromatic hydroxyl groups is 5. The van der Waals surface area contributed by atoms with Gasteiger partial charge in [-0.15, -0.1) is 0 Å². The molecule has 1 aromatic heterocycles. The number of phenolic OH excluding ortho intramolecular Hbond substituents is 5. The van der Waals surface area contributed by atoms with E-state index in [0.717, 1.165) is 38.6 Å². The third-order valence-corrected chi connectivity index (χ3v) is 10.2. The number of rotatable bonds is 8. The maximum Gasteiger partial charge on any atom is 0.208 e. The van der Waals surface area contributed by atoms with Crippen LogP contribution in [0.25, 0.3) is 65.4 Å². The van der Waals surface area contributed by atoms with Gasteiger partial charge in [-0.3, -0.25) is 5.32 Å². The molecular formula is C47H40N2O6. The van der Waals surface area contributed by atoms with Gasteiger partial charge in [-0.05, 0) is 78.8 Å². The molecule has 0 aliphatic carbocycles. The largest absolute Gasteiger partial charge is 0.504 e. The van der Waals surface area contributed by atoms with Crippen molar-refractivity contribution in [3.63, 3.8) is 0 Å². The van der Waals surface area contributed by atoms with Gasteiger partial charge in [0.2, 0.25) is 17.2 Å². The van der Waals surface area contributed by atoms with E-state index < -0.39 is 34.8 Å². The first kappa shape index (κ1) is 35.3. The number of hydrogen-bond acceptors (Lipinski definition) is 8. The maximum absolute atomic E-state index is 10.7. The fraction of sp³-hybridized carbons (Fsp3) is 0.106. The molecule has 8 heteroatoms. The maximum atomic E-state index is 10.7. The number of benzene rings is 8. The Hall–Kier alpha value is -6.74. The lowest BCUT2D eigenvalue weighted by Crippen LogP contribution is -2.32. The summed E-state index contributed by atoms with van der Waals surface area (Å²) in [6, 6.07) is 44.3. The second-order valence-corrected chi connectivity index (χ2v) is 13.3. The molecule has 0 aliphatic heterocycles. The number of phenols is 5. The van der Waals surface area contributed by atoms with E-state index in [4.69, 9.17) is 4.42 Å². The highest BCUT2D eigenvalue weighted by Crippen LogP contribution is 2.53. The summed E-state index contributed by atoms with van der Waals surface area (Å²) >= 11 is 0. The minimum atomic E-state index is -0.998. The van der Waals surface area contributed by atoms with Crippen LogP contribution in [0.1, 0.15) is 36.6 Å². The van der Waals surface area contributed by atoms with Crippen molar-refractivity contribution in [1.82, 2.24) is 10.6 Å². The number of hydrogen-bond donors (Lipinski definition) is 7. The van der Waals surface area contributed by atoms with Crippen molar-refractivity contribution >= 4 is 54.3 Å². The smallest absolute Gasteiger partial charge is 0.208 e. The lowest BCUT2D eigenvalue weighted by atomic mass is 9.91. The normalized spacial score (nSPS) is 12.0. The first-order chi connectivity index (χ1) is 26.9. The van der Waals surface area contributed by atoms with E-state index in [1.165, 1.54) is 32.3 Å². The molecule has 0 bridgehead atoms. The van der Waals surface area contributed by atoms with Crippen molar-refractivity contribution in [3.8, 4) is 39.9 Å². The number of nitrogens with one attached hydrogen (secondary N) is 2. The molecule has 1 atom stereocenters. The van der Waals surface area contributed by atoms with Gasteiger partial charge >= 0.3 is 0 Å². The fourth-order valence-electron chi connectivity index (χ4n) is 7.69. The van der Waals surface area contributed by atoms with E-state index in [0.29, 0.717) is 12.1 Å². The zero-order valence-corrected chi connectivity index (χ0v) is 30.3. The summed E-state index contributed by atoms with van der Waals surface area (Å²) < 4.78 is 6.35. The molecule has 1 unspecified atom stereocenters. The predicted octanol–water partition coefficient (Wildman–Crippen LogP) is 10.7. The topological polar surface area (TPSA) is 138 Å². The van der Waals surface area contributed by atoms with Gasteiger partial charge in [-0.25, -0.2) is 0 Å². The Morgan fingerprint density at radius 3 is 1.75 bits per heavy atom. The zero-order chi connectivity index (χ0) is 38.2. The minimum absolute atomic E-state index is 0.167. The van der Waals surface area contributed by atoms with Gasteiger partial charge in [0.1, 0.15) is 11.2 Å². The Morgan fingerprint density at radius 2 is 1.09 bits per heavy atom. The van der Waals surface area contributed by atoms with Gasteiger partial charge in [-0.1, -0.05) is 123 Å². The summed E-state index contributed by atoms with van der Waals surface area (Å²) in [4.78, 5) is 0. The quantitative estimate of drug-likeness (QED) is 0.0270. The van der Waals surface area contributed by atoms with Crippen LogP contribution < -0.4 is 10.6 Å². The van der Waals surface area contributed by atoms with E-state index in [2.05, 4.69) is 89.5 Å². The van der Waals surface area contributed by atoms with Crippen LogP contribution in [-0.2, 0) is 6.54 Å². The van der Waals surface area contributed by atoms with Crippen LogP contribution >= 0.6 is 0 Å². The summed E-state index contributed by atoms with van der Waals surface area (Å²) in [5.74, 6) is -4.31. The van der Waals surface area contributed by atoms with E-state index in [1.807, 2.05) is 44.2 Å². The Morgan fingerprint density at radius 1 is 0.509 bits per heavy atom. The molecule has 0 saturated carbocycles. The molecule has 0 aliphatic rings. The number of furan rings is 1. The zero-order valence-electron chi connectivity index (χ0n) is 30.3. The molecule has 0 fully saturated rings. The molecule has 7 N–H and O–H groups in total. The van der Waals surface area contributed by atoms with Crippen molar-refractivity contribution in [2.24, 2.45) is 0 Å². The summed E-state index contributed by atoms with van der Waals surface area (Å²) in [6.07, 6.45) is 0. The summed E-state index contributed by atoms with van der Waals surface area (Å²) in [5, 5.41) is 67.9. The molecule has 0 amide bonds. The van der Waals surface area contributed by atoms with Gasteiger partial charge in [0, 0.05) is 24.0 Å². The highest BCUT2D eigenvalue weighted by Gasteiger charge is 2.29. The molecule has 0 saturated heterocycles. The SMILES string of the molecule is CC.Oc1c(O)c(O)c(C(NCNCc2ccc3oc4cccc(-c5ccc6c7ccccc7c7ccccc7c6c5)c4c3c2)c2ccccc2)c(O)c1O. The average Bonchev–Trinajstić information content (AvgIpc) is 3.62. The molecule has 55 heavy (non-hydrogen) atoms. The van der Waals surface area contributed by atoms with Crippen molar-refractivity contribution < 1.29 is 29.9 Å². The molecule has 9 aromatic rings. The minimum Gasteiger partial charge on any atom is -0.504 e. The van der Waals surface area contributed by atoms with Gasteiger partial charge in [0.25, 0.3) is 0 Å². The summed E-state index contributed by atoms with van der Waals surface area (Å²) in [5.41, 5.74) is 5.26. The molecule has 8 nitrogen and oxygen atoms in total. The Balaban J connectivity index is 0.00000210. The van der Waals surface area contributed by atoms with Gasteiger partial charge in [0.05, 0.1) is 11.6 Å². The monoisotopic (exact) mass is 728 g/mol. The highest BCUT2D eigenvalue weighted by atomic mass is 16.4. The molecular weight excluding hydrogens is 689 g/mol. The fourth-order valence-corrected chi connectivity index (χ4v) is 7.69. The molecule has 8 aromatic carbocycles. The summed E-state index contributed by atoms with van der Waals surface area (Å²) in [6.45, 7) is 4.69. The van der Waals surface area contributed by atoms with Crippen LogP contribution in [0.2, 0.25) is 0 Å². The molecule has 1 heterocycles. The molecule has 9 rings (SSSR count). The van der Waals surface area contributed by atoms with E-state index in [-0.39, 0.29) is 12.2 Å². The van der Waals surface area contributed by atoms with Crippen molar-refractivity contribution in [2.45, 2.75) is 26.4 Å². The second kappa shape index (κ2) is 14.6. The lowest BCUT2D eigenvalue weighted by molar-refractivity contribution is 0.320. The average molecular weight is 729 g/mol. The van der Waals surface area contributed by atoms with Crippen LogP contribution in [0, 0.1) is 0 Å². The van der Waals surface area contributed by atoms with Crippen LogP contribution in [0.15, 0.2) is 138 Å². The van der Waals surface area contributed by atoms with Crippen LogP contribution in [0.3, 0.4) is 0 Å². The predicted molar refractivity (Wildman–Crippen MR) is 221 cm³/mol. The second-order valence-electron chi connectivity index (χ2n) is 13.3. The third kappa shape index (κ3) is 6.07. The Kier molecular flexibility index (Phi) is 9.36. The van der Waals surface area contributed by atoms with Crippen LogP contribution in [0.5, 0.6) is 28.7 Å². The van der Waals surface area contributed by atoms with Gasteiger partial charge in [-0.2, -0.15) is 0 Å². The first-order valence-electron chi connectivity index (χ1n) is 18.3. The molecule has 0 radical (unpaired) electrons. The van der Waals surface area contributed by atoms with Gasteiger partial charge < -0.3 is 35.3 Å². The molecule has 0 spiro atoms. The highest BCUT2D eigenvalue weighted by molar-refractivity contribution is 6.26. The van der Waals surface area contributed by atoms with Crippen molar-refractivity contribution in [3.05, 3.63) is 150 Å². The summed E-state index contributed by atoms with van der Waals surface area (Å²) in [7, 11) is 0. The Bertz CT molecular complexity index is 2800. The van der Waals surface area contributed by atoms with Crippen LogP contribution in [0.4, 0.5) is 0 Å². The third-order valence-electron chi connectivity index (χ3n) is 10.2. The van der Waals surface area contributed by atoms with Crippen LogP contribution in [-0.4, -0.2) is 32.2 Å². The lowest BCUT2D eigenvalue weighted by Gasteiger charge is -2.23. The Labute approximate surface area is 317 Å². The van der Waals surface area contributed by atoms with E-state index >= 15 is 0 Å². The van der Waals surface area contributed by atoms with E-state index in [1.54, 1.807) is 24.3 Å². The first-order valence-corrected chi connectivity index (χ1v) is 18.3. The van der Waals surface area contributed by atoms with Gasteiger partial charge in [0.15, 0.2) is 11.5 Å². The standard InChI is InChI=1S/C45H34N2O6.C2H6/c48-41-39(42(49)44(51)45(52)43(41)50)40(26-9-2-1-3-10-26)47-24-46-23-25-17-20-36-35(21-25)38-28(15-8-16-37(38)53-36)27-18-19-33-31-13-5-4-11-29(31)30-12-6-7-14-32(30)34(33)22-27;1-2/h1-22,40,46-52H,23-24H2;1-2H3.